The summed E-state index contributed by atoms with van der Waals surface area (Å²) < 4.78 is 44.3. The van der Waals surface area contributed by atoms with Gasteiger partial charge in [0.2, 0.25) is 0 Å². The van der Waals surface area contributed by atoms with E-state index in [2.05, 4.69) is 20.6 Å². The van der Waals surface area contributed by atoms with E-state index >= 15 is 0 Å². The van der Waals surface area contributed by atoms with Crippen LogP contribution in [0.2, 0.25) is 0 Å². The lowest BCUT2D eigenvalue weighted by molar-refractivity contribution is -0.137. The molecule has 23 heavy (non-hydrogen) atoms. The topological polar surface area (TPSA) is 83.0 Å². The van der Waals surface area contributed by atoms with Gasteiger partial charge in [-0.1, -0.05) is 6.07 Å². The molecule has 0 fully saturated rings. The van der Waals surface area contributed by atoms with E-state index in [9.17, 15) is 18.0 Å². The zero-order valence-electron chi connectivity index (χ0n) is 12.3. The fourth-order valence-electron chi connectivity index (χ4n) is 1.99. The Bertz CT molecular complexity index is 615. The highest BCUT2D eigenvalue weighted by molar-refractivity contribution is 6.04. The van der Waals surface area contributed by atoms with Crippen LogP contribution in [-0.4, -0.2) is 36.2 Å². The largest absolute Gasteiger partial charge is 0.442 e. The molecule has 0 spiro atoms. The van der Waals surface area contributed by atoms with Crippen molar-refractivity contribution in [3.05, 3.63) is 29.3 Å². The Labute approximate surface area is 130 Å². The standard InChI is InChI=1S/C14H16F3N3O3/c1-8(21)4-5-18-11-3-2-9(6-10(11)14(15,16)17)12-7-23-13(22)20-19-12/h2-3,6,8,18,21H,4-5,7H2,1H3,(H,20,22)/t8-/m1/s1. The first-order chi connectivity index (χ1) is 10.8. The van der Waals surface area contributed by atoms with Crippen molar-refractivity contribution in [1.82, 2.24) is 5.43 Å². The van der Waals surface area contributed by atoms with Crippen molar-refractivity contribution in [3.63, 3.8) is 0 Å². The second-order valence-electron chi connectivity index (χ2n) is 5.07. The summed E-state index contributed by atoms with van der Waals surface area (Å²) in [6, 6.07) is 3.70. The summed E-state index contributed by atoms with van der Waals surface area (Å²) in [4.78, 5) is 10.8. The van der Waals surface area contributed by atoms with Gasteiger partial charge in [-0.05, 0) is 25.5 Å². The molecule has 1 aromatic rings. The summed E-state index contributed by atoms with van der Waals surface area (Å²) in [6.07, 6.45) is -5.58. The molecule has 0 saturated carbocycles. The van der Waals surface area contributed by atoms with Crippen molar-refractivity contribution in [1.29, 1.82) is 0 Å². The molecule has 1 aromatic carbocycles. The number of nitrogens with one attached hydrogen (secondary N) is 2. The predicted octanol–water partition coefficient (Wildman–Crippen LogP) is 2.33. The quantitative estimate of drug-likeness (QED) is 0.773. The van der Waals surface area contributed by atoms with E-state index in [0.29, 0.717) is 6.42 Å². The van der Waals surface area contributed by atoms with Crippen LogP contribution < -0.4 is 10.7 Å². The normalized spacial score (nSPS) is 16.2. The first-order valence-electron chi connectivity index (χ1n) is 6.90. The van der Waals surface area contributed by atoms with Crippen molar-refractivity contribution in [2.24, 2.45) is 5.10 Å². The zero-order chi connectivity index (χ0) is 17.0. The van der Waals surface area contributed by atoms with E-state index in [4.69, 9.17) is 5.11 Å². The van der Waals surface area contributed by atoms with Gasteiger partial charge in [-0.25, -0.2) is 10.2 Å². The van der Waals surface area contributed by atoms with Crippen LogP contribution in [0, 0.1) is 0 Å². The number of rotatable bonds is 5. The van der Waals surface area contributed by atoms with Crippen LogP contribution >= 0.6 is 0 Å². The number of hydrogen-bond donors (Lipinski definition) is 3. The third-order valence-electron chi connectivity index (χ3n) is 3.16. The molecule has 1 atom stereocenters. The molecular weight excluding hydrogens is 315 g/mol. The number of amides is 1. The summed E-state index contributed by atoms with van der Waals surface area (Å²) in [5, 5.41) is 15.5. The summed E-state index contributed by atoms with van der Waals surface area (Å²) in [7, 11) is 0. The number of ether oxygens (including phenoxy) is 1. The second kappa shape index (κ2) is 6.86. The number of anilines is 1. The number of benzene rings is 1. The van der Waals surface area contributed by atoms with Gasteiger partial charge in [-0.2, -0.15) is 18.3 Å². The van der Waals surface area contributed by atoms with Crippen molar-refractivity contribution in [2.75, 3.05) is 18.5 Å². The molecule has 9 heteroatoms. The van der Waals surface area contributed by atoms with Crippen LogP contribution in [0.1, 0.15) is 24.5 Å². The van der Waals surface area contributed by atoms with Crippen molar-refractivity contribution in [3.8, 4) is 0 Å². The Morgan fingerprint density at radius 3 is 2.78 bits per heavy atom. The molecule has 0 aliphatic carbocycles. The highest BCUT2D eigenvalue weighted by atomic mass is 19.4. The zero-order valence-corrected chi connectivity index (χ0v) is 12.3. The van der Waals surface area contributed by atoms with Gasteiger partial charge < -0.3 is 15.2 Å². The molecule has 1 heterocycles. The Balaban J connectivity index is 2.26. The average molecular weight is 331 g/mol. The predicted molar refractivity (Wildman–Crippen MR) is 77.3 cm³/mol. The first kappa shape index (κ1) is 17.1. The molecule has 0 radical (unpaired) electrons. The molecule has 1 aliphatic rings. The highest BCUT2D eigenvalue weighted by Gasteiger charge is 2.34. The van der Waals surface area contributed by atoms with Crippen molar-refractivity contribution < 1.29 is 27.8 Å². The molecule has 0 bridgehead atoms. The Morgan fingerprint density at radius 1 is 1.48 bits per heavy atom. The Kier molecular flexibility index (Phi) is 5.09. The number of hydrazone groups is 1. The van der Waals surface area contributed by atoms with E-state index in [1.807, 2.05) is 0 Å². The minimum absolute atomic E-state index is 0.0803. The monoisotopic (exact) mass is 331 g/mol. The van der Waals surface area contributed by atoms with E-state index in [1.54, 1.807) is 6.92 Å². The lowest BCUT2D eigenvalue weighted by Gasteiger charge is -2.18. The fourth-order valence-corrected chi connectivity index (χ4v) is 1.99. The van der Waals surface area contributed by atoms with Crippen LogP contribution in [0.25, 0.3) is 0 Å². The van der Waals surface area contributed by atoms with Crippen LogP contribution in [-0.2, 0) is 10.9 Å². The number of cyclic esters (lactones) is 1. The fraction of sp³-hybridized carbons (Fsp3) is 0.429. The molecule has 1 amide bonds. The third-order valence-corrected chi connectivity index (χ3v) is 3.16. The minimum atomic E-state index is -4.55. The number of carbonyl (C=O) groups is 1. The van der Waals surface area contributed by atoms with E-state index in [1.165, 1.54) is 12.1 Å². The van der Waals surface area contributed by atoms with Crippen LogP contribution in [0.3, 0.4) is 0 Å². The molecule has 0 unspecified atom stereocenters. The number of aliphatic hydroxyl groups excluding tert-OH is 1. The van der Waals surface area contributed by atoms with Crippen LogP contribution in [0.5, 0.6) is 0 Å². The average Bonchev–Trinajstić information content (AvgIpc) is 2.47. The molecule has 2 rings (SSSR count). The number of hydrogen-bond acceptors (Lipinski definition) is 5. The highest BCUT2D eigenvalue weighted by Crippen LogP contribution is 2.35. The van der Waals surface area contributed by atoms with Crippen LogP contribution in [0.15, 0.2) is 23.3 Å². The lowest BCUT2D eigenvalue weighted by atomic mass is 10.0. The number of aliphatic hydroxyl groups is 1. The second-order valence-corrected chi connectivity index (χ2v) is 5.07. The maximum atomic E-state index is 13.2. The molecular formula is C14H16F3N3O3. The Hall–Kier alpha value is -2.29. The van der Waals surface area contributed by atoms with Gasteiger partial charge in [-0.3, -0.25) is 0 Å². The summed E-state index contributed by atoms with van der Waals surface area (Å²) >= 11 is 0. The lowest BCUT2D eigenvalue weighted by Crippen LogP contribution is -2.30. The molecule has 6 nitrogen and oxygen atoms in total. The van der Waals surface area contributed by atoms with Gasteiger partial charge in [0.05, 0.1) is 11.7 Å². The van der Waals surface area contributed by atoms with E-state index in [0.717, 1.165) is 6.07 Å². The molecule has 3 N–H and O–H groups in total. The van der Waals surface area contributed by atoms with Gasteiger partial charge in [-0.15, -0.1) is 0 Å². The van der Waals surface area contributed by atoms with E-state index in [-0.39, 0.29) is 30.1 Å². The molecule has 126 valence electrons. The van der Waals surface area contributed by atoms with Gasteiger partial charge >= 0.3 is 12.3 Å². The molecule has 1 aliphatic heterocycles. The number of alkyl halides is 3. The maximum absolute atomic E-state index is 13.2. The Morgan fingerprint density at radius 2 is 2.22 bits per heavy atom. The number of carbonyl (C=O) groups excluding carboxylic acids is 1. The summed E-state index contributed by atoms with van der Waals surface area (Å²) in [5.41, 5.74) is 1.53. The SMILES string of the molecule is C[C@@H](O)CCNc1ccc(C2=NNC(=O)OC2)cc1C(F)(F)F. The molecule has 0 aromatic heterocycles. The maximum Gasteiger partial charge on any atom is 0.428 e. The van der Waals surface area contributed by atoms with Crippen molar-refractivity contribution >= 4 is 17.5 Å². The van der Waals surface area contributed by atoms with Crippen LogP contribution in [0.4, 0.5) is 23.7 Å². The van der Waals surface area contributed by atoms with Gasteiger partial charge in [0.15, 0.2) is 0 Å². The van der Waals surface area contributed by atoms with Gasteiger partial charge in [0, 0.05) is 17.8 Å². The summed E-state index contributed by atoms with van der Waals surface area (Å²) in [6.45, 7) is 1.57. The van der Waals surface area contributed by atoms with Gasteiger partial charge in [0.25, 0.3) is 0 Å². The number of nitrogens with zero attached hydrogens (tertiary/aromatic N) is 1. The number of halogens is 3. The van der Waals surface area contributed by atoms with Crippen molar-refractivity contribution in [2.45, 2.75) is 25.6 Å². The van der Waals surface area contributed by atoms with E-state index < -0.39 is 23.9 Å². The third kappa shape index (κ3) is 4.59. The summed E-state index contributed by atoms with van der Waals surface area (Å²) in [5.74, 6) is 0. The smallest absolute Gasteiger partial charge is 0.428 e. The first-order valence-corrected chi connectivity index (χ1v) is 6.90. The van der Waals surface area contributed by atoms with Gasteiger partial charge in [0.1, 0.15) is 12.3 Å². The molecule has 0 saturated heterocycles. The minimum Gasteiger partial charge on any atom is -0.442 e.